The van der Waals surface area contributed by atoms with Gasteiger partial charge in [-0.1, -0.05) is 0 Å². The Kier molecular flexibility index (Phi) is 6.89. The number of carboxylic acids is 1. The minimum absolute atomic E-state index is 0.0313. The van der Waals surface area contributed by atoms with Crippen molar-refractivity contribution in [2.45, 2.75) is 30.7 Å². The van der Waals surface area contributed by atoms with Crippen molar-refractivity contribution < 1.29 is 48.6 Å². The summed E-state index contributed by atoms with van der Waals surface area (Å²) in [6, 6.07) is 5.37. The number of hydrogen-bond acceptors (Lipinski definition) is 7. The van der Waals surface area contributed by atoms with Crippen molar-refractivity contribution in [1.29, 1.82) is 0 Å². The summed E-state index contributed by atoms with van der Waals surface area (Å²) in [5.74, 6) is -3.34. The molecule has 1 fully saturated rings. The van der Waals surface area contributed by atoms with Gasteiger partial charge in [0, 0.05) is 11.6 Å². The summed E-state index contributed by atoms with van der Waals surface area (Å²) >= 11 is 1.73. The fourth-order valence-electron chi connectivity index (χ4n) is 3.03. The number of aliphatic hydroxyl groups excluding tert-OH is 4. The molecule has 0 bridgehead atoms. The van der Waals surface area contributed by atoms with E-state index >= 15 is 0 Å². The molecule has 30 heavy (non-hydrogen) atoms. The molecular formula is C19H17F2IO8. The summed E-state index contributed by atoms with van der Waals surface area (Å²) in [7, 11) is 0. The largest absolute Gasteiger partial charge is 0.478 e. The summed E-state index contributed by atoms with van der Waals surface area (Å²) in [6.07, 6.45) is -7.90. The van der Waals surface area contributed by atoms with Crippen molar-refractivity contribution in [2.75, 3.05) is 6.61 Å². The zero-order valence-corrected chi connectivity index (χ0v) is 17.2. The maximum absolute atomic E-state index is 14.1. The Morgan fingerprint density at radius 3 is 2.40 bits per heavy atom. The van der Waals surface area contributed by atoms with E-state index < -0.39 is 60.5 Å². The van der Waals surface area contributed by atoms with Gasteiger partial charge in [-0.3, -0.25) is 0 Å². The highest BCUT2D eigenvalue weighted by molar-refractivity contribution is 14.1. The summed E-state index contributed by atoms with van der Waals surface area (Å²) in [5, 5.41) is 48.7. The van der Waals surface area contributed by atoms with Crippen molar-refractivity contribution in [3.8, 4) is 16.9 Å². The maximum atomic E-state index is 14.1. The van der Waals surface area contributed by atoms with E-state index in [-0.39, 0.29) is 20.4 Å². The molecule has 0 aromatic heterocycles. The van der Waals surface area contributed by atoms with Gasteiger partial charge in [-0.25, -0.2) is 13.6 Å². The average molecular weight is 538 g/mol. The number of carbonyl (C=O) groups is 1. The standard InChI is InChI=1S/C19H17F2IO8/c20-8-1-2-9(11(21)5-8)7-3-10(18(27)28)17(12(22)4-7)30-19-16(26)15(25)14(24)13(6-23)29-19/h1-5,13-16,19,23-26H,6H2,(H,27,28)/t13-,14-,15+,16-,19-/m1/s1. The van der Waals surface area contributed by atoms with Crippen LogP contribution in [-0.4, -0.2) is 68.8 Å². The predicted molar refractivity (Wildman–Crippen MR) is 106 cm³/mol. The van der Waals surface area contributed by atoms with Crippen LogP contribution in [0.3, 0.4) is 0 Å². The van der Waals surface area contributed by atoms with E-state index in [4.69, 9.17) is 9.47 Å². The van der Waals surface area contributed by atoms with Crippen LogP contribution in [0.5, 0.6) is 5.75 Å². The Morgan fingerprint density at radius 1 is 1.10 bits per heavy atom. The van der Waals surface area contributed by atoms with Gasteiger partial charge < -0.3 is 35.0 Å². The second kappa shape index (κ2) is 9.08. The molecule has 0 unspecified atom stereocenters. The molecule has 2 aromatic rings. The highest BCUT2D eigenvalue weighted by atomic mass is 127. The van der Waals surface area contributed by atoms with Crippen LogP contribution in [0.1, 0.15) is 10.4 Å². The van der Waals surface area contributed by atoms with Crippen molar-refractivity contribution in [2.24, 2.45) is 0 Å². The molecular weight excluding hydrogens is 521 g/mol. The molecule has 11 heteroatoms. The van der Waals surface area contributed by atoms with Gasteiger partial charge in [-0.05, 0) is 52.4 Å². The normalized spacial score (nSPS) is 26.4. The van der Waals surface area contributed by atoms with Crippen LogP contribution in [0.4, 0.5) is 8.78 Å². The Morgan fingerprint density at radius 2 is 1.80 bits per heavy atom. The van der Waals surface area contributed by atoms with Crippen LogP contribution in [-0.2, 0) is 4.74 Å². The minimum atomic E-state index is -1.74. The van der Waals surface area contributed by atoms with Gasteiger partial charge in [0.15, 0.2) is 5.75 Å². The van der Waals surface area contributed by atoms with Gasteiger partial charge in [0.1, 0.15) is 41.6 Å². The third kappa shape index (κ3) is 4.40. The lowest BCUT2D eigenvalue weighted by Crippen LogP contribution is -2.60. The average Bonchev–Trinajstić information content (AvgIpc) is 2.69. The Balaban J connectivity index is 2.00. The quantitative estimate of drug-likeness (QED) is 0.358. The summed E-state index contributed by atoms with van der Waals surface area (Å²) < 4.78 is 38.2. The Labute approximate surface area is 182 Å². The molecule has 8 nitrogen and oxygen atoms in total. The molecule has 0 spiro atoms. The molecule has 0 aliphatic carbocycles. The first-order chi connectivity index (χ1) is 14.1. The van der Waals surface area contributed by atoms with Crippen molar-refractivity contribution in [3.05, 3.63) is 51.1 Å². The zero-order chi connectivity index (χ0) is 22.2. The molecule has 0 amide bonds. The highest BCUT2D eigenvalue weighted by Gasteiger charge is 2.45. The molecule has 0 saturated carbocycles. The van der Waals surface area contributed by atoms with Gasteiger partial charge in [-0.15, -0.1) is 0 Å². The SMILES string of the molecule is O=C(O)c1cc(-c2ccc(F)cc2F)cc(I)c1O[C@H]1O[C@H](CO)[C@@H](O)[C@H](O)[C@H]1O. The first-order valence-corrected chi connectivity index (χ1v) is 9.71. The van der Waals surface area contributed by atoms with Gasteiger partial charge in [0.05, 0.1) is 10.2 Å². The van der Waals surface area contributed by atoms with Crippen LogP contribution in [0.25, 0.3) is 11.1 Å². The lowest BCUT2D eigenvalue weighted by atomic mass is 9.99. The molecule has 3 rings (SSSR count). The third-order valence-electron chi connectivity index (χ3n) is 4.60. The number of aromatic carboxylic acids is 1. The molecule has 1 aliphatic rings. The number of aliphatic hydroxyl groups is 4. The summed E-state index contributed by atoms with van der Waals surface area (Å²) in [5.41, 5.74) is -0.288. The first-order valence-electron chi connectivity index (χ1n) is 8.63. The van der Waals surface area contributed by atoms with E-state index in [0.717, 1.165) is 12.1 Å². The van der Waals surface area contributed by atoms with Crippen LogP contribution < -0.4 is 4.74 Å². The minimum Gasteiger partial charge on any atom is -0.478 e. The van der Waals surface area contributed by atoms with E-state index in [1.807, 2.05) is 0 Å². The molecule has 5 N–H and O–H groups in total. The Hall–Kier alpha value is -1.90. The van der Waals surface area contributed by atoms with Gasteiger partial charge >= 0.3 is 5.97 Å². The molecule has 1 saturated heterocycles. The number of ether oxygens (including phenoxy) is 2. The third-order valence-corrected chi connectivity index (χ3v) is 5.40. The number of halogens is 3. The van der Waals surface area contributed by atoms with Gasteiger partial charge in [0.2, 0.25) is 6.29 Å². The van der Waals surface area contributed by atoms with Crippen LogP contribution in [0.15, 0.2) is 30.3 Å². The van der Waals surface area contributed by atoms with Crippen LogP contribution in [0.2, 0.25) is 0 Å². The fraction of sp³-hybridized carbons (Fsp3) is 0.316. The summed E-state index contributed by atoms with van der Waals surface area (Å²) in [6.45, 7) is -0.684. The van der Waals surface area contributed by atoms with E-state index in [1.165, 1.54) is 12.1 Å². The predicted octanol–water partition coefficient (Wildman–Crippen LogP) is 1.11. The summed E-state index contributed by atoms with van der Waals surface area (Å²) in [4.78, 5) is 11.8. The number of hydrogen-bond donors (Lipinski definition) is 5. The zero-order valence-electron chi connectivity index (χ0n) is 15.1. The smallest absolute Gasteiger partial charge is 0.339 e. The van der Waals surface area contributed by atoms with E-state index in [9.17, 15) is 39.1 Å². The van der Waals surface area contributed by atoms with E-state index in [0.29, 0.717) is 6.07 Å². The molecule has 2 aromatic carbocycles. The second-order valence-corrected chi connectivity index (χ2v) is 7.74. The topological polar surface area (TPSA) is 137 Å². The lowest BCUT2D eigenvalue weighted by Gasteiger charge is -2.39. The monoisotopic (exact) mass is 538 g/mol. The maximum Gasteiger partial charge on any atom is 0.339 e. The highest BCUT2D eigenvalue weighted by Crippen LogP contribution is 2.35. The van der Waals surface area contributed by atoms with Crippen molar-refractivity contribution in [3.63, 3.8) is 0 Å². The van der Waals surface area contributed by atoms with E-state index in [1.54, 1.807) is 22.6 Å². The lowest BCUT2D eigenvalue weighted by molar-refractivity contribution is -0.277. The van der Waals surface area contributed by atoms with Crippen molar-refractivity contribution in [1.82, 2.24) is 0 Å². The number of benzene rings is 2. The molecule has 5 atom stereocenters. The van der Waals surface area contributed by atoms with Gasteiger partial charge in [0.25, 0.3) is 0 Å². The molecule has 1 aliphatic heterocycles. The fourth-order valence-corrected chi connectivity index (χ4v) is 3.79. The van der Waals surface area contributed by atoms with Crippen LogP contribution in [0, 0.1) is 15.2 Å². The number of carboxylic acid groups (broad SMARTS) is 1. The number of rotatable bonds is 5. The van der Waals surface area contributed by atoms with Crippen LogP contribution >= 0.6 is 22.6 Å². The molecule has 0 radical (unpaired) electrons. The second-order valence-electron chi connectivity index (χ2n) is 6.58. The van der Waals surface area contributed by atoms with Crippen molar-refractivity contribution >= 4 is 28.6 Å². The Bertz CT molecular complexity index is 954. The molecule has 162 valence electrons. The van der Waals surface area contributed by atoms with E-state index in [2.05, 4.69) is 0 Å². The first kappa shape index (κ1) is 22.8. The molecule has 1 heterocycles. The van der Waals surface area contributed by atoms with Gasteiger partial charge in [-0.2, -0.15) is 0 Å².